The predicted molar refractivity (Wildman–Crippen MR) is 59.6 cm³/mol. The second-order valence-corrected chi connectivity index (χ2v) is 3.40. The van der Waals surface area contributed by atoms with Gasteiger partial charge in [0.05, 0.1) is 18.5 Å². The van der Waals surface area contributed by atoms with E-state index in [0.717, 1.165) is 4.68 Å². The molecule has 0 saturated carbocycles. The third-order valence-electron chi connectivity index (χ3n) is 2.35. The van der Waals surface area contributed by atoms with Crippen LogP contribution in [-0.2, 0) is 7.05 Å². The summed E-state index contributed by atoms with van der Waals surface area (Å²) in [5, 5.41) is 4.04. The monoisotopic (exact) mass is 221 g/mol. The van der Waals surface area contributed by atoms with E-state index in [1.54, 1.807) is 18.2 Å². The first-order chi connectivity index (χ1) is 7.63. The molecule has 2 aromatic rings. The van der Waals surface area contributed by atoms with Gasteiger partial charge in [-0.2, -0.15) is 9.49 Å². The van der Waals surface area contributed by atoms with Gasteiger partial charge in [-0.05, 0) is 12.1 Å². The molecule has 0 aliphatic rings. The van der Waals surface area contributed by atoms with E-state index >= 15 is 0 Å². The smallest absolute Gasteiger partial charge is 0.211 e. The maximum Gasteiger partial charge on any atom is 0.211 e. The van der Waals surface area contributed by atoms with E-state index in [1.807, 2.05) is 0 Å². The average molecular weight is 221 g/mol. The van der Waals surface area contributed by atoms with E-state index < -0.39 is 5.95 Å². The van der Waals surface area contributed by atoms with Gasteiger partial charge in [0.1, 0.15) is 0 Å². The van der Waals surface area contributed by atoms with Crippen LogP contribution < -0.4 is 10.5 Å². The standard InChI is InChI=1S/C11H12FN3O/c1-15-10(12)6-9(14-15)7-4-3-5-8(13)11(7)16-2/h3-6H,13H2,1-2H3. The van der Waals surface area contributed by atoms with Gasteiger partial charge in [0.25, 0.3) is 0 Å². The lowest BCUT2D eigenvalue weighted by atomic mass is 10.1. The van der Waals surface area contributed by atoms with Gasteiger partial charge < -0.3 is 10.5 Å². The van der Waals surface area contributed by atoms with Crippen LogP contribution in [0.25, 0.3) is 11.3 Å². The van der Waals surface area contributed by atoms with Crippen LogP contribution in [0.3, 0.4) is 0 Å². The SMILES string of the molecule is COc1c(N)cccc1-c1cc(F)n(C)n1. The Hall–Kier alpha value is -2.04. The molecule has 0 saturated heterocycles. The van der Waals surface area contributed by atoms with Gasteiger partial charge in [0, 0.05) is 18.7 Å². The Morgan fingerprint density at radius 2 is 2.19 bits per heavy atom. The van der Waals surface area contributed by atoms with Crippen molar-refractivity contribution in [3.8, 4) is 17.0 Å². The first-order valence-electron chi connectivity index (χ1n) is 4.76. The van der Waals surface area contributed by atoms with E-state index in [1.165, 1.54) is 20.2 Å². The number of nitrogen functional groups attached to an aromatic ring is 1. The summed E-state index contributed by atoms with van der Waals surface area (Å²) in [5.41, 5.74) is 7.45. The number of anilines is 1. The van der Waals surface area contributed by atoms with Gasteiger partial charge in [0.15, 0.2) is 5.75 Å². The van der Waals surface area contributed by atoms with Crippen molar-refractivity contribution in [3.05, 3.63) is 30.2 Å². The molecule has 0 atom stereocenters. The van der Waals surface area contributed by atoms with Crippen LogP contribution in [0.15, 0.2) is 24.3 Å². The van der Waals surface area contributed by atoms with E-state index in [0.29, 0.717) is 22.7 Å². The fraction of sp³-hybridized carbons (Fsp3) is 0.182. The Labute approximate surface area is 92.4 Å². The maximum absolute atomic E-state index is 13.2. The summed E-state index contributed by atoms with van der Waals surface area (Å²) < 4.78 is 19.5. The zero-order valence-corrected chi connectivity index (χ0v) is 9.07. The topological polar surface area (TPSA) is 53.1 Å². The third-order valence-corrected chi connectivity index (χ3v) is 2.35. The highest BCUT2D eigenvalue weighted by molar-refractivity contribution is 5.74. The van der Waals surface area contributed by atoms with Crippen LogP contribution in [0.5, 0.6) is 5.75 Å². The van der Waals surface area contributed by atoms with Crippen molar-refractivity contribution >= 4 is 5.69 Å². The first-order valence-corrected chi connectivity index (χ1v) is 4.76. The first kappa shape index (κ1) is 10.5. The van der Waals surface area contributed by atoms with E-state index in [9.17, 15) is 4.39 Å². The molecule has 0 bridgehead atoms. The number of nitrogens with two attached hydrogens (primary N) is 1. The second-order valence-electron chi connectivity index (χ2n) is 3.40. The highest BCUT2D eigenvalue weighted by Crippen LogP contribution is 2.33. The zero-order valence-electron chi connectivity index (χ0n) is 9.07. The Bertz CT molecular complexity index is 502. The quantitative estimate of drug-likeness (QED) is 0.787. The summed E-state index contributed by atoms with van der Waals surface area (Å²) in [5.74, 6) is 0.111. The van der Waals surface area contributed by atoms with Gasteiger partial charge in [-0.25, -0.2) is 4.68 Å². The summed E-state index contributed by atoms with van der Waals surface area (Å²) >= 11 is 0. The molecular weight excluding hydrogens is 209 g/mol. The normalized spacial score (nSPS) is 10.4. The molecule has 5 heteroatoms. The molecule has 1 heterocycles. The third kappa shape index (κ3) is 1.60. The molecule has 16 heavy (non-hydrogen) atoms. The lowest BCUT2D eigenvalue weighted by molar-refractivity contribution is 0.418. The van der Waals surface area contributed by atoms with Crippen LogP contribution in [0.2, 0.25) is 0 Å². The van der Waals surface area contributed by atoms with Gasteiger partial charge >= 0.3 is 0 Å². The van der Waals surface area contributed by atoms with Crippen LogP contribution in [0.1, 0.15) is 0 Å². The van der Waals surface area contributed by atoms with Crippen molar-refractivity contribution in [2.45, 2.75) is 0 Å². The zero-order chi connectivity index (χ0) is 11.7. The lowest BCUT2D eigenvalue weighted by Gasteiger charge is -2.08. The number of ether oxygens (including phenoxy) is 1. The minimum Gasteiger partial charge on any atom is -0.494 e. The molecule has 0 fully saturated rings. The predicted octanol–water partition coefficient (Wildman–Crippen LogP) is 1.82. The maximum atomic E-state index is 13.2. The molecule has 0 radical (unpaired) electrons. The molecule has 84 valence electrons. The van der Waals surface area contributed by atoms with Gasteiger partial charge in [-0.15, -0.1) is 0 Å². The van der Waals surface area contributed by atoms with Crippen molar-refractivity contribution < 1.29 is 9.13 Å². The molecule has 4 nitrogen and oxygen atoms in total. The molecule has 0 aliphatic carbocycles. The Balaban J connectivity index is 2.59. The number of halogens is 1. The minimum atomic E-state index is -0.403. The number of hydrogen-bond acceptors (Lipinski definition) is 3. The van der Waals surface area contributed by atoms with Crippen LogP contribution in [0, 0.1) is 5.95 Å². The number of nitrogens with zero attached hydrogens (tertiary/aromatic N) is 2. The van der Waals surface area contributed by atoms with Crippen molar-refractivity contribution in [2.24, 2.45) is 7.05 Å². The van der Waals surface area contributed by atoms with Crippen molar-refractivity contribution in [1.82, 2.24) is 9.78 Å². The Morgan fingerprint density at radius 1 is 1.44 bits per heavy atom. The number of benzene rings is 1. The Morgan fingerprint density at radius 3 is 2.75 bits per heavy atom. The van der Waals surface area contributed by atoms with E-state index in [4.69, 9.17) is 10.5 Å². The van der Waals surface area contributed by atoms with Gasteiger partial charge in [0.2, 0.25) is 5.95 Å². The summed E-state index contributed by atoms with van der Waals surface area (Å²) in [6, 6.07) is 6.63. The van der Waals surface area contributed by atoms with Crippen molar-refractivity contribution in [3.63, 3.8) is 0 Å². The molecule has 2 rings (SSSR count). The fourth-order valence-corrected chi connectivity index (χ4v) is 1.56. The molecule has 1 aromatic heterocycles. The summed E-state index contributed by atoms with van der Waals surface area (Å²) in [6.07, 6.45) is 0. The van der Waals surface area contributed by atoms with Crippen LogP contribution in [-0.4, -0.2) is 16.9 Å². The van der Waals surface area contributed by atoms with Crippen molar-refractivity contribution in [2.75, 3.05) is 12.8 Å². The highest BCUT2D eigenvalue weighted by Gasteiger charge is 2.13. The Kier molecular flexibility index (Phi) is 2.52. The van der Waals surface area contributed by atoms with Crippen LogP contribution in [0.4, 0.5) is 10.1 Å². The molecule has 0 unspecified atom stereocenters. The minimum absolute atomic E-state index is 0.403. The van der Waals surface area contributed by atoms with E-state index in [-0.39, 0.29) is 0 Å². The number of para-hydroxylation sites is 1. The number of methoxy groups -OCH3 is 1. The highest BCUT2D eigenvalue weighted by atomic mass is 19.1. The summed E-state index contributed by atoms with van der Waals surface area (Å²) in [4.78, 5) is 0. The summed E-state index contributed by atoms with van der Waals surface area (Å²) in [7, 11) is 3.06. The molecular formula is C11H12FN3O. The van der Waals surface area contributed by atoms with E-state index in [2.05, 4.69) is 5.10 Å². The van der Waals surface area contributed by atoms with Gasteiger partial charge in [-0.1, -0.05) is 6.07 Å². The largest absolute Gasteiger partial charge is 0.494 e. The lowest BCUT2D eigenvalue weighted by Crippen LogP contribution is -1.96. The molecule has 1 aromatic carbocycles. The second kappa shape index (κ2) is 3.84. The van der Waals surface area contributed by atoms with Gasteiger partial charge in [-0.3, -0.25) is 0 Å². The summed E-state index contributed by atoms with van der Waals surface area (Å²) in [6.45, 7) is 0. The molecule has 2 N–H and O–H groups in total. The average Bonchev–Trinajstić information content (AvgIpc) is 2.59. The van der Waals surface area contributed by atoms with Crippen LogP contribution >= 0.6 is 0 Å². The number of rotatable bonds is 2. The fourth-order valence-electron chi connectivity index (χ4n) is 1.56. The molecule has 0 spiro atoms. The van der Waals surface area contributed by atoms with Crippen molar-refractivity contribution in [1.29, 1.82) is 0 Å². The molecule has 0 amide bonds. The molecule has 0 aliphatic heterocycles. The number of aromatic nitrogens is 2. The number of hydrogen-bond donors (Lipinski definition) is 1. The number of aryl methyl sites for hydroxylation is 1.